The summed E-state index contributed by atoms with van der Waals surface area (Å²) in [6.07, 6.45) is 0.437. The summed E-state index contributed by atoms with van der Waals surface area (Å²) in [6, 6.07) is 5.72. The molecule has 0 aliphatic rings. The normalized spacial score (nSPS) is 10.0. The van der Waals surface area contributed by atoms with Crippen molar-refractivity contribution < 1.29 is 14.3 Å². The summed E-state index contributed by atoms with van der Waals surface area (Å²) in [6.45, 7) is 0. The molecule has 0 radical (unpaired) electrons. The summed E-state index contributed by atoms with van der Waals surface area (Å²) >= 11 is 1.68. The molecular weight excluding hydrogens is 238 g/mol. The number of benzene rings is 1. The van der Waals surface area contributed by atoms with E-state index in [1.807, 2.05) is 18.2 Å². The average molecular weight is 255 g/mol. The second-order valence-electron chi connectivity index (χ2n) is 3.46. The first-order chi connectivity index (χ1) is 8.17. The highest BCUT2D eigenvalue weighted by molar-refractivity contribution is 7.98. The van der Waals surface area contributed by atoms with Crippen LogP contribution >= 0.6 is 11.8 Å². The third-order valence-corrected chi connectivity index (χ3v) is 3.27. The molecule has 0 bridgehead atoms. The molecule has 0 saturated carbocycles. The lowest BCUT2D eigenvalue weighted by Gasteiger charge is -2.06. The van der Waals surface area contributed by atoms with Crippen LogP contribution in [-0.4, -0.2) is 25.9 Å². The van der Waals surface area contributed by atoms with Crippen molar-refractivity contribution in [2.45, 2.75) is 12.2 Å². The zero-order valence-electron chi connectivity index (χ0n) is 10.1. The minimum absolute atomic E-state index is 0.174. The van der Waals surface area contributed by atoms with Crippen molar-refractivity contribution in [2.24, 2.45) is 0 Å². The van der Waals surface area contributed by atoms with Crippen LogP contribution in [0.5, 0.6) is 5.75 Å². The van der Waals surface area contributed by atoms with Crippen molar-refractivity contribution in [2.75, 3.05) is 25.7 Å². The van der Waals surface area contributed by atoms with Gasteiger partial charge in [0.2, 0.25) is 0 Å². The molecule has 0 aliphatic carbocycles. The summed E-state index contributed by atoms with van der Waals surface area (Å²) in [5.74, 6) is 2.09. The molecule has 0 aromatic heterocycles. The van der Waals surface area contributed by atoms with Crippen LogP contribution in [0.25, 0.3) is 0 Å². The van der Waals surface area contributed by atoms with Gasteiger partial charge in [-0.15, -0.1) is 0 Å². The maximum atomic E-state index is 10.9. The van der Waals surface area contributed by atoms with Crippen LogP contribution in [0.15, 0.2) is 18.2 Å². The van der Waals surface area contributed by atoms with Crippen molar-refractivity contribution in [1.29, 1.82) is 0 Å². The van der Waals surface area contributed by atoms with Gasteiger partial charge < -0.3 is 15.2 Å². The van der Waals surface area contributed by atoms with E-state index in [4.69, 9.17) is 10.5 Å². The van der Waals surface area contributed by atoms with Crippen LogP contribution in [-0.2, 0) is 15.3 Å². The fraction of sp³-hybridized carbons (Fsp3) is 0.417. The number of anilines is 1. The van der Waals surface area contributed by atoms with Crippen molar-refractivity contribution in [3.05, 3.63) is 23.8 Å². The molecule has 0 atom stereocenters. The number of carbonyl (C=O) groups is 1. The molecule has 4 nitrogen and oxygen atoms in total. The lowest BCUT2D eigenvalue weighted by Crippen LogP contribution is -2.01. The second-order valence-corrected chi connectivity index (χ2v) is 4.56. The molecule has 0 saturated heterocycles. The summed E-state index contributed by atoms with van der Waals surface area (Å²) in [7, 11) is 2.99. The van der Waals surface area contributed by atoms with Crippen LogP contribution < -0.4 is 10.5 Å². The molecule has 0 fully saturated rings. The summed E-state index contributed by atoms with van der Waals surface area (Å²) in [4.78, 5) is 10.9. The van der Waals surface area contributed by atoms with E-state index in [9.17, 15) is 4.79 Å². The number of carbonyl (C=O) groups excluding carboxylic acids is 1. The average Bonchev–Trinajstić information content (AvgIpc) is 2.34. The first-order valence-corrected chi connectivity index (χ1v) is 6.39. The maximum Gasteiger partial charge on any atom is 0.306 e. The van der Waals surface area contributed by atoms with E-state index in [1.54, 1.807) is 18.9 Å². The predicted octanol–water partition coefficient (Wildman–Crippen LogP) is 2.07. The van der Waals surface area contributed by atoms with Crippen molar-refractivity contribution in [1.82, 2.24) is 0 Å². The lowest BCUT2D eigenvalue weighted by atomic mass is 10.2. The number of esters is 1. The second kappa shape index (κ2) is 7.06. The Labute approximate surface area is 105 Å². The van der Waals surface area contributed by atoms with Gasteiger partial charge in [0, 0.05) is 11.5 Å². The predicted molar refractivity (Wildman–Crippen MR) is 70.2 cm³/mol. The Kier molecular flexibility index (Phi) is 5.69. The van der Waals surface area contributed by atoms with E-state index in [0.717, 1.165) is 17.1 Å². The summed E-state index contributed by atoms with van der Waals surface area (Å²) in [5, 5.41) is 0. The molecule has 0 spiro atoms. The first kappa shape index (κ1) is 13.7. The number of hydrogen-bond acceptors (Lipinski definition) is 5. The van der Waals surface area contributed by atoms with Crippen LogP contribution in [0.3, 0.4) is 0 Å². The van der Waals surface area contributed by atoms with Gasteiger partial charge in [-0.3, -0.25) is 4.79 Å². The number of nitrogens with two attached hydrogens (primary N) is 1. The molecule has 5 heteroatoms. The molecule has 94 valence electrons. The number of nitrogen functional groups attached to an aromatic ring is 1. The highest BCUT2D eigenvalue weighted by Gasteiger charge is 2.02. The molecule has 17 heavy (non-hydrogen) atoms. The molecular formula is C12H17NO3S. The topological polar surface area (TPSA) is 61.5 Å². The SMILES string of the molecule is COC(=O)CCSCc1ccc(OC)c(N)c1. The van der Waals surface area contributed by atoms with Gasteiger partial charge in [-0.05, 0) is 17.7 Å². The molecule has 0 amide bonds. The van der Waals surface area contributed by atoms with Gasteiger partial charge in [0.1, 0.15) is 5.75 Å². The smallest absolute Gasteiger partial charge is 0.306 e. The molecule has 0 aliphatic heterocycles. The van der Waals surface area contributed by atoms with Crippen LogP contribution in [0.4, 0.5) is 5.69 Å². The quantitative estimate of drug-likeness (QED) is 0.479. The molecule has 0 heterocycles. The largest absolute Gasteiger partial charge is 0.495 e. The van der Waals surface area contributed by atoms with Crippen LogP contribution in [0, 0.1) is 0 Å². The number of ether oxygens (including phenoxy) is 2. The van der Waals surface area contributed by atoms with E-state index in [2.05, 4.69) is 4.74 Å². The monoisotopic (exact) mass is 255 g/mol. The first-order valence-electron chi connectivity index (χ1n) is 5.24. The van der Waals surface area contributed by atoms with Gasteiger partial charge >= 0.3 is 5.97 Å². The lowest BCUT2D eigenvalue weighted by molar-refractivity contribution is -0.140. The zero-order chi connectivity index (χ0) is 12.7. The Hall–Kier alpha value is -1.36. The standard InChI is InChI=1S/C12H17NO3S/c1-15-11-4-3-9(7-10(11)13)8-17-6-5-12(14)16-2/h3-4,7H,5-6,8,13H2,1-2H3. The van der Waals surface area contributed by atoms with E-state index in [-0.39, 0.29) is 5.97 Å². The highest BCUT2D eigenvalue weighted by atomic mass is 32.2. The van der Waals surface area contributed by atoms with E-state index in [1.165, 1.54) is 7.11 Å². The molecule has 1 rings (SSSR count). The minimum Gasteiger partial charge on any atom is -0.495 e. The highest BCUT2D eigenvalue weighted by Crippen LogP contribution is 2.24. The van der Waals surface area contributed by atoms with Gasteiger partial charge in [0.25, 0.3) is 0 Å². The number of thioether (sulfide) groups is 1. The molecule has 2 N–H and O–H groups in total. The number of rotatable bonds is 6. The Balaban J connectivity index is 2.37. The van der Waals surface area contributed by atoms with Gasteiger partial charge in [0.05, 0.1) is 26.3 Å². The molecule has 1 aromatic carbocycles. The van der Waals surface area contributed by atoms with Gasteiger partial charge in [-0.25, -0.2) is 0 Å². The third kappa shape index (κ3) is 4.56. The Morgan fingerprint density at radius 1 is 1.41 bits per heavy atom. The van der Waals surface area contributed by atoms with Gasteiger partial charge in [-0.2, -0.15) is 11.8 Å². The fourth-order valence-electron chi connectivity index (χ4n) is 1.32. The third-order valence-electron chi connectivity index (χ3n) is 2.24. The molecule has 0 unspecified atom stereocenters. The number of hydrogen-bond donors (Lipinski definition) is 1. The molecule has 1 aromatic rings. The number of methoxy groups -OCH3 is 2. The van der Waals surface area contributed by atoms with Crippen LogP contribution in [0.2, 0.25) is 0 Å². The van der Waals surface area contributed by atoms with E-state index < -0.39 is 0 Å². The Morgan fingerprint density at radius 3 is 2.76 bits per heavy atom. The van der Waals surface area contributed by atoms with Crippen molar-refractivity contribution in [3.8, 4) is 5.75 Å². The van der Waals surface area contributed by atoms with E-state index in [0.29, 0.717) is 17.9 Å². The zero-order valence-corrected chi connectivity index (χ0v) is 10.9. The van der Waals surface area contributed by atoms with Crippen molar-refractivity contribution in [3.63, 3.8) is 0 Å². The Bertz CT molecular complexity index is 382. The van der Waals surface area contributed by atoms with Crippen LogP contribution in [0.1, 0.15) is 12.0 Å². The summed E-state index contributed by atoms with van der Waals surface area (Å²) in [5.41, 5.74) is 7.56. The fourth-order valence-corrected chi connectivity index (χ4v) is 2.19. The maximum absolute atomic E-state index is 10.9. The Morgan fingerprint density at radius 2 is 2.18 bits per heavy atom. The van der Waals surface area contributed by atoms with Crippen molar-refractivity contribution >= 4 is 23.4 Å². The minimum atomic E-state index is -0.174. The van der Waals surface area contributed by atoms with Gasteiger partial charge in [-0.1, -0.05) is 6.07 Å². The van der Waals surface area contributed by atoms with Gasteiger partial charge in [0.15, 0.2) is 0 Å². The van der Waals surface area contributed by atoms with E-state index >= 15 is 0 Å². The summed E-state index contributed by atoms with van der Waals surface area (Å²) < 4.78 is 9.64.